The van der Waals surface area contributed by atoms with Gasteiger partial charge in [-0.1, -0.05) is 0 Å². The van der Waals surface area contributed by atoms with E-state index < -0.39 is 23.1 Å². The second-order valence-electron chi connectivity index (χ2n) is 4.15. The van der Waals surface area contributed by atoms with Crippen LogP contribution in [-0.4, -0.2) is 33.3 Å². The summed E-state index contributed by atoms with van der Waals surface area (Å²) in [5, 5.41) is 17.6. The summed E-state index contributed by atoms with van der Waals surface area (Å²) in [4.78, 5) is 42.4. The highest BCUT2D eigenvalue weighted by molar-refractivity contribution is 6.19. The van der Waals surface area contributed by atoms with Gasteiger partial charge in [0, 0.05) is 0 Å². The highest BCUT2D eigenvalue weighted by Gasteiger charge is 2.12. The minimum Gasteiger partial charge on any atom is -0.512 e. The summed E-state index contributed by atoms with van der Waals surface area (Å²) in [6.45, 7) is 7.62. The Morgan fingerprint density at radius 2 is 0.650 bits per heavy atom. The molecule has 6 nitrogen and oxygen atoms in total. The van der Waals surface area contributed by atoms with Crippen molar-refractivity contribution in [2.24, 2.45) is 0 Å². The molecule has 112 valence electrons. The quantitative estimate of drug-likeness (QED) is 0.353. The van der Waals surface area contributed by atoms with Crippen molar-refractivity contribution in [2.75, 3.05) is 0 Å². The van der Waals surface area contributed by atoms with Crippen molar-refractivity contribution in [1.82, 2.24) is 0 Å². The third-order valence-corrected chi connectivity index (χ3v) is 2.13. The molecule has 0 amide bonds. The molecule has 0 aromatic carbocycles. The normalized spacial score (nSPS) is 8.70. The molecule has 0 bridgehead atoms. The first-order valence-electron chi connectivity index (χ1n) is 5.76. The first-order chi connectivity index (χ1) is 8.93. The molecule has 0 saturated carbocycles. The van der Waals surface area contributed by atoms with Crippen LogP contribution in [0, 0.1) is 0 Å². The zero-order valence-corrected chi connectivity index (χ0v) is 12.5. The fourth-order valence-electron chi connectivity index (χ4n) is 1.51. The van der Waals surface area contributed by atoms with E-state index in [1.807, 2.05) is 0 Å². The first-order valence-corrected chi connectivity index (χ1v) is 5.76. The van der Waals surface area contributed by atoms with Crippen molar-refractivity contribution in [2.45, 2.75) is 41.5 Å². The summed E-state index contributed by atoms with van der Waals surface area (Å²) in [7, 11) is 0. The van der Waals surface area contributed by atoms with Gasteiger partial charge in [-0.3, -0.25) is 19.2 Å². The van der Waals surface area contributed by atoms with Crippen molar-refractivity contribution in [3.8, 4) is 0 Å². The monoisotopic (exact) mass is 284 g/mol. The molecule has 0 unspecified atom stereocenters. The van der Waals surface area contributed by atoms with Crippen LogP contribution < -0.4 is 0 Å². The van der Waals surface area contributed by atoms with Crippen LogP contribution in [0.3, 0.4) is 0 Å². The number of hydrogen-bond acceptors (Lipinski definition) is 6. The van der Waals surface area contributed by atoms with Crippen LogP contribution in [0.4, 0.5) is 0 Å². The van der Waals surface area contributed by atoms with Crippen molar-refractivity contribution in [3.05, 3.63) is 22.7 Å². The molecule has 0 aliphatic carbocycles. The molecule has 0 heterocycles. The molecular formula is C14H20O6. The SMILES string of the molecule is CC(=O)C(C(C)=O)=C(C)O.CC(=O)C(C(C)=O)=C(C)O. The van der Waals surface area contributed by atoms with E-state index in [-0.39, 0.29) is 22.7 Å². The molecule has 20 heavy (non-hydrogen) atoms. The molecule has 0 rings (SSSR count). The van der Waals surface area contributed by atoms with Gasteiger partial charge >= 0.3 is 0 Å². The van der Waals surface area contributed by atoms with E-state index in [0.717, 1.165) is 0 Å². The Morgan fingerprint density at radius 1 is 0.500 bits per heavy atom. The van der Waals surface area contributed by atoms with Crippen LogP contribution in [0.5, 0.6) is 0 Å². The number of carbonyl (C=O) groups excluding carboxylic acids is 4. The summed E-state index contributed by atoms with van der Waals surface area (Å²) in [5.74, 6) is -2.00. The number of Topliss-reactive ketones (excluding diaryl/α,β-unsaturated/α-hetero) is 4. The van der Waals surface area contributed by atoms with Crippen LogP contribution >= 0.6 is 0 Å². The number of ketones is 4. The minimum atomic E-state index is -0.396. The van der Waals surface area contributed by atoms with Gasteiger partial charge in [-0.25, -0.2) is 0 Å². The maximum absolute atomic E-state index is 10.6. The Bertz CT molecular complexity index is 408. The van der Waals surface area contributed by atoms with E-state index in [0.29, 0.717) is 0 Å². The van der Waals surface area contributed by atoms with Gasteiger partial charge in [0.25, 0.3) is 0 Å². The molecule has 0 spiro atoms. The molecule has 0 aliphatic heterocycles. The average Bonchev–Trinajstić information content (AvgIpc) is 2.12. The summed E-state index contributed by atoms with van der Waals surface area (Å²) >= 11 is 0. The molecule has 0 atom stereocenters. The van der Waals surface area contributed by atoms with Crippen LogP contribution in [0.25, 0.3) is 0 Å². The summed E-state index contributed by atoms with van der Waals surface area (Å²) < 4.78 is 0. The molecule has 0 radical (unpaired) electrons. The maximum Gasteiger partial charge on any atom is 0.166 e. The number of allylic oxidation sites excluding steroid dienone is 4. The molecule has 0 aromatic heterocycles. The lowest BCUT2D eigenvalue weighted by Crippen LogP contribution is -2.08. The Morgan fingerprint density at radius 3 is 0.650 bits per heavy atom. The van der Waals surface area contributed by atoms with E-state index in [1.165, 1.54) is 41.5 Å². The van der Waals surface area contributed by atoms with E-state index >= 15 is 0 Å². The zero-order chi connectivity index (χ0) is 16.6. The number of aliphatic hydroxyl groups excluding tert-OH is 2. The van der Waals surface area contributed by atoms with Gasteiger partial charge in [0.05, 0.1) is 11.1 Å². The van der Waals surface area contributed by atoms with Crippen LogP contribution in [-0.2, 0) is 19.2 Å². The molecule has 0 fully saturated rings. The number of rotatable bonds is 4. The third-order valence-electron chi connectivity index (χ3n) is 2.13. The van der Waals surface area contributed by atoms with Gasteiger partial charge < -0.3 is 10.2 Å². The topological polar surface area (TPSA) is 109 Å². The Balaban J connectivity index is 0. The predicted molar refractivity (Wildman–Crippen MR) is 73.4 cm³/mol. The lowest BCUT2D eigenvalue weighted by atomic mass is 10.1. The number of aliphatic hydroxyl groups is 2. The molecule has 0 aliphatic rings. The molecular weight excluding hydrogens is 264 g/mol. The number of carbonyl (C=O) groups is 4. The minimum absolute atomic E-state index is 0.111. The number of hydrogen-bond donors (Lipinski definition) is 2. The predicted octanol–water partition coefficient (Wildman–Crippen LogP) is 1.99. The third kappa shape index (κ3) is 7.25. The highest BCUT2D eigenvalue weighted by Crippen LogP contribution is 2.03. The lowest BCUT2D eigenvalue weighted by molar-refractivity contribution is -0.121. The highest BCUT2D eigenvalue weighted by atomic mass is 16.3. The molecule has 2 N–H and O–H groups in total. The van der Waals surface area contributed by atoms with Gasteiger partial charge in [-0.05, 0) is 41.5 Å². The molecule has 6 heteroatoms. The largest absolute Gasteiger partial charge is 0.512 e. The Hall–Kier alpha value is -2.24. The fourth-order valence-corrected chi connectivity index (χ4v) is 1.51. The van der Waals surface area contributed by atoms with Gasteiger partial charge in [-0.15, -0.1) is 0 Å². The van der Waals surface area contributed by atoms with Crippen molar-refractivity contribution < 1.29 is 29.4 Å². The van der Waals surface area contributed by atoms with E-state index in [4.69, 9.17) is 10.2 Å². The fraction of sp³-hybridized carbons (Fsp3) is 0.429. The van der Waals surface area contributed by atoms with Crippen LogP contribution in [0.1, 0.15) is 41.5 Å². The van der Waals surface area contributed by atoms with Gasteiger partial charge in [0.2, 0.25) is 0 Å². The molecule has 0 saturated heterocycles. The summed E-state index contributed by atoms with van der Waals surface area (Å²) in [5.41, 5.74) is -0.222. The summed E-state index contributed by atoms with van der Waals surface area (Å²) in [6, 6.07) is 0. The second-order valence-corrected chi connectivity index (χ2v) is 4.15. The molecule has 0 aromatic rings. The van der Waals surface area contributed by atoms with Gasteiger partial charge in [0.1, 0.15) is 11.5 Å². The smallest absolute Gasteiger partial charge is 0.166 e. The van der Waals surface area contributed by atoms with E-state index in [2.05, 4.69) is 0 Å². The van der Waals surface area contributed by atoms with Crippen LogP contribution in [0.15, 0.2) is 22.7 Å². The van der Waals surface area contributed by atoms with Crippen molar-refractivity contribution >= 4 is 23.1 Å². The first kappa shape index (κ1) is 20.1. The Kier molecular flexibility index (Phi) is 8.83. The average molecular weight is 284 g/mol. The van der Waals surface area contributed by atoms with Gasteiger partial charge in [0.15, 0.2) is 23.1 Å². The lowest BCUT2D eigenvalue weighted by Gasteiger charge is -1.97. The van der Waals surface area contributed by atoms with E-state index in [1.54, 1.807) is 0 Å². The zero-order valence-electron chi connectivity index (χ0n) is 12.5. The van der Waals surface area contributed by atoms with Gasteiger partial charge in [-0.2, -0.15) is 0 Å². The van der Waals surface area contributed by atoms with Crippen molar-refractivity contribution in [1.29, 1.82) is 0 Å². The van der Waals surface area contributed by atoms with Crippen LogP contribution in [0.2, 0.25) is 0 Å². The summed E-state index contributed by atoms with van der Waals surface area (Å²) in [6.07, 6.45) is 0. The standard InChI is InChI=1S/2C7H10O3/c2*1-4(8)7(5(2)9)6(3)10/h2*8H,1-3H3. The van der Waals surface area contributed by atoms with Crippen molar-refractivity contribution in [3.63, 3.8) is 0 Å². The van der Waals surface area contributed by atoms with E-state index in [9.17, 15) is 19.2 Å². The Labute approximate surface area is 117 Å². The maximum atomic E-state index is 10.6. The second kappa shape index (κ2) is 8.79.